The molecule has 0 bridgehead atoms. The van der Waals surface area contributed by atoms with Crippen LogP contribution in [0.4, 0.5) is 5.95 Å². The zero-order valence-electron chi connectivity index (χ0n) is 15.1. The number of hydrogen-bond acceptors (Lipinski definition) is 6. The first-order chi connectivity index (χ1) is 11.9. The van der Waals surface area contributed by atoms with Crippen LogP contribution >= 0.6 is 0 Å². The highest BCUT2D eigenvalue weighted by molar-refractivity contribution is 5.90. The Hall–Kier alpha value is -2.42. The molecule has 0 fully saturated rings. The molecule has 3 rings (SSSR count). The number of aromatic nitrogens is 4. The fourth-order valence-corrected chi connectivity index (χ4v) is 3.17. The van der Waals surface area contributed by atoms with Gasteiger partial charge in [-0.3, -0.25) is 18.5 Å². The van der Waals surface area contributed by atoms with E-state index in [1.807, 2.05) is 25.3 Å². The molecule has 0 amide bonds. The van der Waals surface area contributed by atoms with Gasteiger partial charge in [-0.2, -0.15) is 10.1 Å². The fourth-order valence-electron chi connectivity index (χ4n) is 3.17. The maximum absolute atomic E-state index is 13.0. The summed E-state index contributed by atoms with van der Waals surface area (Å²) in [6.45, 7) is 6.69. The van der Waals surface area contributed by atoms with Crippen molar-refractivity contribution >= 4 is 22.8 Å². The van der Waals surface area contributed by atoms with Gasteiger partial charge in [-0.25, -0.2) is 9.80 Å². The SMILES string of the molecule is CCCn1c(=O)c2c(nc3n2C(C)C(C)=NN3CCCO)n(C)c1=O. The van der Waals surface area contributed by atoms with E-state index in [0.29, 0.717) is 43.0 Å². The van der Waals surface area contributed by atoms with Crippen molar-refractivity contribution in [3.05, 3.63) is 20.8 Å². The van der Waals surface area contributed by atoms with Gasteiger partial charge in [0.1, 0.15) is 0 Å². The van der Waals surface area contributed by atoms with Crippen molar-refractivity contribution in [1.82, 2.24) is 18.7 Å². The van der Waals surface area contributed by atoms with E-state index in [2.05, 4.69) is 10.1 Å². The molecule has 2 aromatic heterocycles. The van der Waals surface area contributed by atoms with Gasteiger partial charge in [0.2, 0.25) is 5.95 Å². The first-order valence-corrected chi connectivity index (χ1v) is 8.57. The van der Waals surface area contributed by atoms with Crippen molar-refractivity contribution in [1.29, 1.82) is 0 Å². The van der Waals surface area contributed by atoms with Crippen LogP contribution in [0.25, 0.3) is 11.2 Å². The number of hydrogen-bond donors (Lipinski definition) is 1. The van der Waals surface area contributed by atoms with E-state index in [-0.39, 0.29) is 23.9 Å². The Kier molecular flexibility index (Phi) is 4.51. The normalized spacial score (nSPS) is 17.1. The fraction of sp³-hybridized carbons (Fsp3) is 0.625. The number of nitrogens with zero attached hydrogens (tertiary/aromatic N) is 6. The molecule has 9 nitrogen and oxygen atoms in total. The summed E-state index contributed by atoms with van der Waals surface area (Å²) in [6, 6.07) is -0.134. The molecule has 25 heavy (non-hydrogen) atoms. The molecule has 0 saturated heterocycles. The molecule has 0 aliphatic carbocycles. The number of aliphatic hydroxyl groups is 1. The van der Waals surface area contributed by atoms with E-state index in [9.17, 15) is 9.59 Å². The lowest BCUT2D eigenvalue weighted by Gasteiger charge is -2.29. The highest BCUT2D eigenvalue weighted by Crippen LogP contribution is 2.29. The molecule has 0 aromatic carbocycles. The highest BCUT2D eigenvalue weighted by Gasteiger charge is 2.30. The molecular weight excluding hydrogens is 324 g/mol. The van der Waals surface area contributed by atoms with Crippen LogP contribution in [0.15, 0.2) is 14.7 Å². The zero-order chi connectivity index (χ0) is 18.3. The van der Waals surface area contributed by atoms with Gasteiger partial charge in [0.05, 0.1) is 11.8 Å². The largest absolute Gasteiger partial charge is 0.396 e. The van der Waals surface area contributed by atoms with Gasteiger partial charge in [0.15, 0.2) is 11.2 Å². The molecular formula is C16H24N6O3. The Bertz CT molecular complexity index is 951. The van der Waals surface area contributed by atoms with Crippen molar-refractivity contribution in [3.63, 3.8) is 0 Å². The first kappa shape index (κ1) is 17.4. The summed E-state index contributed by atoms with van der Waals surface area (Å²) in [5.74, 6) is 0.530. The van der Waals surface area contributed by atoms with E-state index in [1.165, 1.54) is 9.13 Å². The van der Waals surface area contributed by atoms with E-state index in [4.69, 9.17) is 5.11 Å². The second kappa shape index (κ2) is 6.47. The molecule has 9 heteroatoms. The molecule has 0 radical (unpaired) electrons. The van der Waals surface area contributed by atoms with Crippen LogP contribution in [0.3, 0.4) is 0 Å². The molecule has 2 aromatic rings. The van der Waals surface area contributed by atoms with E-state index < -0.39 is 0 Å². The minimum atomic E-state index is -0.359. The van der Waals surface area contributed by atoms with Crippen LogP contribution in [0.1, 0.15) is 39.7 Å². The van der Waals surface area contributed by atoms with Crippen LogP contribution in [0.2, 0.25) is 0 Å². The maximum Gasteiger partial charge on any atom is 0.332 e. The Morgan fingerprint density at radius 2 is 1.96 bits per heavy atom. The Morgan fingerprint density at radius 3 is 2.60 bits per heavy atom. The second-order valence-electron chi connectivity index (χ2n) is 6.37. The van der Waals surface area contributed by atoms with Crippen LogP contribution < -0.4 is 16.3 Å². The zero-order valence-corrected chi connectivity index (χ0v) is 15.1. The minimum absolute atomic E-state index is 0.0443. The molecule has 1 atom stereocenters. The van der Waals surface area contributed by atoms with Gasteiger partial charge in [-0.15, -0.1) is 0 Å². The quantitative estimate of drug-likeness (QED) is 0.846. The predicted octanol–water partition coefficient (Wildman–Crippen LogP) is 0.446. The monoisotopic (exact) mass is 348 g/mol. The van der Waals surface area contributed by atoms with Crippen molar-refractivity contribution in [2.24, 2.45) is 12.1 Å². The third kappa shape index (κ3) is 2.58. The summed E-state index contributed by atoms with van der Waals surface area (Å²) in [5, 5.41) is 15.4. The number of aryl methyl sites for hydroxylation is 1. The van der Waals surface area contributed by atoms with E-state index in [1.54, 1.807) is 12.1 Å². The molecule has 1 aliphatic heterocycles. The summed E-state index contributed by atoms with van der Waals surface area (Å²) >= 11 is 0. The molecule has 0 spiro atoms. The number of imidazole rings is 1. The topological polar surface area (TPSA) is 97.7 Å². The van der Waals surface area contributed by atoms with E-state index in [0.717, 1.165) is 5.71 Å². The Labute approximate surface area is 144 Å². The molecule has 136 valence electrons. The molecule has 0 saturated carbocycles. The lowest BCUT2D eigenvalue weighted by molar-refractivity contribution is 0.289. The smallest absolute Gasteiger partial charge is 0.332 e. The third-order valence-corrected chi connectivity index (χ3v) is 4.63. The van der Waals surface area contributed by atoms with Crippen LogP contribution in [0, 0.1) is 0 Å². The van der Waals surface area contributed by atoms with E-state index >= 15 is 0 Å². The number of aliphatic hydroxyl groups excluding tert-OH is 1. The Balaban J connectivity index is 2.34. The van der Waals surface area contributed by atoms with Crippen molar-refractivity contribution in [3.8, 4) is 0 Å². The molecule has 3 heterocycles. The summed E-state index contributed by atoms with van der Waals surface area (Å²) in [6.07, 6.45) is 1.23. The second-order valence-corrected chi connectivity index (χ2v) is 6.37. The lowest BCUT2D eigenvalue weighted by Crippen LogP contribution is -2.40. The predicted molar refractivity (Wildman–Crippen MR) is 96.4 cm³/mol. The van der Waals surface area contributed by atoms with Crippen LogP contribution in [-0.4, -0.2) is 42.7 Å². The van der Waals surface area contributed by atoms with Gasteiger partial charge in [0, 0.05) is 26.7 Å². The van der Waals surface area contributed by atoms with Gasteiger partial charge in [-0.05, 0) is 26.7 Å². The number of fused-ring (bicyclic) bond motifs is 3. The summed E-state index contributed by atoms with van der Waals surface area (Å²) < 4.78 is 4.54. The number of rotatable bonds is 5. The van der Waals surface area contributed by atoms with Crippen LogP contribution in [0.5, 0.6) is 0 Å². The molecule has 1 N–H and O–H groups in total. The summed E-state index contributed by atoms with van der Waals surface area (Å²) in [7, 11) is 1.63. The minimum Gasteiger partial charge on any atom is -0.396 e. The average Bonchev–Trinajstić information content (AvgIpc) is 3.00. The van der Waals surface area contributed by atoms with Gasteiger partial charge in [-0.1, -0.05) is 6.92 Å². The van der Waals surface area contributed by atoms with Crippen LogP contribution in [-0.2, 0) is 13.6 Å². The standard InChI is InChI=1S/C16H24N6O3/c1-5-7-20-14(24)12-13(19(4)16(20)25)17-15-21(8-6-9-23)18-10(2)11(3)22(12)15/h11,23H,5-9H2,1-4H3. The lowest BCUT2D eigenvalue weighted by atomic mass is 10.2. The van der Waals surface area contributed by atoms with Gasteiger partial charge < -0.3 is 5.11 Å². The Morgan fingerprint density at radius 1 is 1.24 bits per heavy atom. The van der Waals surface area contributed by atoms with Crippen molar-refractivity contribution < 1.29 is 5.11 Å². The molecule has 1 unspecified atom stereocenters. The van der Waals surface area contributed by atoms with Gasteiger partial charge in [0.25, 0.3) is 5.56 Å². The number of hydrazone groups is 1. The summed E-state index contributed by atoms with van der Waals surface area (Å²) in [4.78, 5) is 30.0. The average molecular weight is 348 g/mol. The summed E-state index contributed by atoms with van der Waals surface area (Å²) in [5.41, 5.74) is 0.953. The molecule has 1 aliphatic rings. The van der Waals surface area contributed by atoms with Gasteiger partial charge >= 0.3 is 5.69 Å². The first-order valence-electron chi connectivity index (χ1n) is 8.57. The van der Waals surface area contributed by atoms with Crippen molar-refractivity contribution in [2.75, 3.05) is 18.2 Å². The maximum atomic E-state index is 13.0. The number of anilines is 1. The highest BCUT2D eigenvalue weighted by atomic mass is 16.3. The van der Waals surface area contributed by atoms with Crippen molar-refractivity contribution in [2.45, 2.75) is 46.2 Å². The third-order valence-electron chi connectivity index (χ3n) is 4.63.